The monoisotopic (exact) mass is 257 g/mol. The summed E-state index contributed by atoms with van der Waals surface area (Å²) in [5.74, 6) is 2.04. The van der Waals surface area contributed by atoms with Crippen LogP contribution in [0.4, 0.5) is 5.69 Å². The van der Waals surface area contributed by atoms with Gasteiger partial charge in [-0.05, 0) is 30.4 Å². The highest BCUT2D eigenvalue weighted by molar-refractivity contribution is 5.82. The van der Waals surface area contributed by atoms with Gasteiger partial charge >= 0.3 is 0 Å². The maximum atomic E-state index is 12.4. The minimum absolute atomic E-state index is 0.337. The first-order valence-electron chi connectivity index (χ1n) is 7.59. The van der Waals surface area contributed by atoms with E-state index in [0.717, 1.165) is 31.7 Å². The summed E-state index contributed by atoms with van der Waals surface area (Å²) in [6, 6.07) is 8.41. The third kappa shape index (κ3) is 2.68. The molecule has 1 N–H and O–H groups in total. The zero-order chi connectivity index (χ0) is 13.2. The second-order valence-corrected chi connectivity index (χ2v) is 6.29. The molecule has 0 aromatic heterocycles. The summed E-state index contributed by atoms with van der Waals surface area (Å²) in [6.07, 6.45) is 5.42. The van der Waals surface area contributed by atoms with E-state index < -0.39 is 0 Å². The van der Waals surface area contributed by atoms with Crippen LogP contribution in [0.5, 0.6) is 0 Å². The normalized spacial score (nSPS) is 29.6. The molecule has 1 saturated carbocycles. The van der Waals surface area contributed by atoms with Gasteiger partial charge in [0.05, 0.1) is 0 Å². The molecule has 2 nitrogen and oxygen atoms in total. The lowest BCUT2D eigenvalue weighted by Gasteiger charge is -2.25. The van der Waals surface area contributed by atoms with Crippen molar-refractivity contribution in [2.24, 2.45) is 11.8 Å². The van der Waals surface area contributed by atoms with Gasteiger partial charge in [0.1, 0.15) is 5.78 Å². The number of hydrogen-bond acceptors (Lipinski definition) is 2. The molecule has 0 spiro atoms. The van der Waals surface area contributed by atoms with Crippen LogP contribution in [0.3, 0.4) is 0 Å². The molecule has 1 aliphatic carbocycles. The Hall–Kier alpha value is -1.31. The van der Waals surface area contributed by atoms with Crippen molar-refractivity contribution in [1.29, 1.82) is 0 Å². The summed E-state index contributed by atoms with van der Waals surface area (Å²) < 4.78 is 0. The van der Waals surface area contributed by atoms with E-state index in [4.69, 9.17) is 0 Å². The van der Waals surface area contributed by atoms with Crippen molar-refractivity contribution in [3.8, 4) is 0 Å². The fraction of sp³-hybridized carbons (Fsp3) is 0.588. The van der Waals surface area contributed by atoms with E-state index in [1.54, 1.807) is 0 Å². The van der Waals surface area contributed by atoms with Crippen molar-refractivity contribution in [1.82, 2.24) is 0 Å². The molecule has 0 bridgehead atoms. The topological polar surface area (TPSA) is 29.1 Å². The van der Waals surface area contributed by atoms with Crippen molar-refractivity contribution < 1.29 is 4.79 Å². The van der Waals surface area contributed by atoms with E-state index in [-0.39, 0.29) is 0 Å². The zero-order valence-electron chi connectivity index (χ0n) is 11.7. The first-order valence-corrected chi connectivity index (χ1v) is 7.59. The molecule has 1 aromatic rings. The molecule has 0 radical (unpaired) electrons. The molecule has 1 aliphatic heterocycles. The standard InChI is InChI=1S/C17H23NO/c1-12-6-8-13(9-7-12)17(19)10-14-11-18-16-5-3-2-4-15(14)16/h2-5,12-14,18H,6-11H2,1H3. The number of Topliss-reactive ketones (excluding diaryl/α,β-unsaturated/α-hetero) is 1. The number of fused-ring (bicyclic) bond motifs is 1. The number of carbonyl (C=O) groups is 1. The van der Waals surface area contributed by atoms with Crippen LogP contribution in [0.2, 0.25) is 0 Å². The molecule has 102 valence electrons. The summed E-state index contributed by atoms with van der Waals surface area (Å²) >= 11 is 0. The van der Waals surface area contributed by atoms with Gasteiger partial charge < -0.3 is 5.32 Å². The number of nitrogens with one attached hydrogen (secondary N) is 1. The second kappa shape index (κ2) is 5.36. The van der Waals surface area contributed by atoms with Crippen LogP contribution in [0.1, 0.15) is 50.5 Å². The van der Waals surface area contributed by atoms with E-state index >= 15 is 0 Å². The highest BCUT2D eigenvalue weighted by Crippen LogP contribution is 2.36. The Balaban J connectivity index is 1.62. The van der Waals surface area contributed by atoms with Crippen molar-refractivity contribution in [3.05, 3.63) is 29.8 Å². The number of benzene rings is 1. The lowest BCUT2D eigenvalue weighted by atomic mass is 9.78. The van der Waals surface area contributed by atoms with E-state index in [9.17, 15) is 4.79 Å². The molecule has 2 heteroatoms. The van der Waals surface area contributed by atoms with Gasteiger partial charge in [-0.3, -0.25) is 4.79 Å². The highest BCUT2D eigenvalue weighted by Gasteiger charge is 2.29. The highest BCUT2D eigenvalue weighted by atomic mass is 16.1. The number of anilines is 1. The average Bonchev–Trinajstić information content (AvgIpc) is 2.83. The summed E-state index contributed by atoms with van der Waals surface area (Å²) in [5.41, 5.74) is 2.55. The third-order valence-corrected chi connectivity index (χ3v) is 4.86. The fourth-order valence-corrected chi connectivity index (χ4v) is 3.53. The summed E-state index contributed by atoms with van der Waals surface area (Å²) in [6.45, 7) is 3.23. The molecule has 1 unspecified atom stereocenters. The first-order chi connectivity index (χ1) is 9.24. The van der Waals surface area contributed by atoms with Gasteiger partial charge in [0.25, 0.3) is 0 Å². The predicted molar refractivity (Wildman–Crippen MR) is 78.4 cm³/mol. The number of ketones is 1. The quantitative estimate of drug-likeness (QED) is 0.887. The first kappa shape index (κ1) is 12.7. The number of rotatable bonds is 3. The summed E-state index contributed by atoms with van der Waals surface area (Å²) in [5, 5.41) is 3.41. The van der Waals surface area contributed by atoms with Crippen LogP contribution in [0, 0.1) is 11.8 Å². The lowest BCUT2D eigenvalue weighted by molar-refractivity contribution is -0.124. The molecule has 19 heavy (non-hydrogen) atoms. The van der Waals surface area contributed by atoms with Crippen LogP contribution in [-0.2, 0) is 4.79 Å². The lowest BCUT2D eigenvalue weighted by Crippen LogP contribution is -2.22. The Morgan fingerprint density at radius 1 is 1.21 bits per heavy atom. The fourth-order valence-electron chi connectivity index (χ4n) is 3.53. The van der Waals surface area contributed by atoms with Crippen molar-refractivity contribution in [2.45, 2.75) is 44.9 Å². The van der Waals surface area contributed by atoms with Crippen molar-refractivity contribution >= 4 is 11.5 Å². The molecule has 1 aromatic carbocycles. The minimum Gasteiger partial charge on any atom is -0.384 e. The van der Waals surface area contributed by atoms with Gasteiger partial charge in [-0.15, -0.1) is 0 Å². The van der Waals surface area contributed by atoms with E-state index in [1.165, 1.54) is 24.1 Å². The van der Waals surface area contributed by atoms with Gasteiger partial charge in [0.2, 0.25) is 0 Å². The van der Waals surface area contributed by atoms with Crippen LogP contribution in [0.15, 0.2) is 24.3 Å². The molecular weight excluding hydrogens is 234 g/mol. The Morgan fingerprint density at radius 2 is 1.95 bits per heavy atom. The Labute approximate surface area is 115 Å². The Kier molecular flexibility index (Phi) is 3.58. The maximum absolute atomic E-state index is 12.4. The average molecular weight is 257 g/mol. The molecule has 1 fully saturated rings. The molecule has 3 rings (SSSR count). The van der Waals surface area contributed by atoms with Crippen LogP contribution < -0.4 is 5.32 Å². The smallest absolute Gasteiger partial charge is 0.136 e. The Bertz CT molecular complexity index is 460. The van der Waals surface area contributed by atoms with Gasteiger partial charge in [0.15, 0.2) is 0 Å². The van der Waals surface area contributed by atoms with Gasteiger partial charge in [0, 0.05) is 30.5 Å². The maximum Gasteiger partial charge on any atom is 0.136 e. The van der Waals surface area contributed by atoms with Crippen LogP contribution in [-0.4, -0.2) is 12.3 Å². The third-order valence-electron chi connectivity index (χ3n) is 4.86. The number of carbonyl (C=O) groups excluding carboxylic acids is 1. The Morgan fingerprint density at radius 3 is 2.74 bits per heavy atom. The largest absolute Gasteiger partial charge is 0.384 e. The van der Waals surface area contributed by atoms with Gasteiger partial charge in [-0.25, -0.2) is 0 Å². The van der Waals surface area contributed by atoms with Crippen LogP contribution in [0.25, 0.3) is 0 Å². The number of hydrogen-bond donors (Lipinski definition) is 1. The number of para-hydroxylation sites is 1. The summed E-state index contributed by atoms with van der Waals surface area (Å²) in [4.78, 5) is 12.4. The SMILES string of the molecule is CC1CCC(C(=O)CC2CNc3ccccc32)CC1. The molecule has 1 atom stereocenters. The van der Waals surface area contributed by atoms with Crippen molar-refractivity contribution in [2.75, 3.05) is 11.9 Å². The van der Waals surface area contributed by atoms with Gasteiger partial charge in [-0.2, -0.15) is 0 Å². The van der Waals surface area contributed by atoms with Gasteiger partial charge in [-0.1, -0.05) is 38.0 Å². The van der Waals surface area contributed by atoms with E-state index in [1.807, 2.05) is 0 Å². The molecular formula is C17H23NO. The van der Waals surface area contributed by atoms with E-state index in [0.29, 0.717) is 17.6 Å². The van der Waals surface area contributed by atoms with E-state index in [2.05, 4.69) is 36.5 Å². The molecule has 1 heterocycles. The van der Waals surface area contributed by atoms with Crippen LogP contribution >= 0.6 is 0 Å². The summed E-state index contributed by atoms with van der Waals surface area (Å²) in [7, 11) is 0. The second-order valence-electron chi connectivity index (χ2n) is 6.29. The molecule has 0 saturated heterocycles. The van der Waals surface area contributed by atoms with Crippen molar-refractivity contribution in [3.63, 3.8) is 0 Å². The zero-order valence-corrected chi connectivity index (χ0v) is 11.7. The molecule has 0 amide bonds. The predicted octanol–water partition coefficient (Wildman–Crippen LogP) is 3.98. The molecule has 2 aliphatic rings. The minimum atomic E-state index is 0.337.